The topological polar surface area (TPSA) is 55.8 Å². The lowest BCUT2D eigenvalue weighted by molar-refractivity contribution is -0.173. The molecule has 0 spiro atoms. The monoisotopic (exact) mass is 414 g/mol. The number of unbranched alkanes of at least 4 members (excludes halogenated alkanes) is 9. The highest BCUT2D eigenvalue weighted by Gasteiger charge is 2.32. The van der Waals surface area contributed by atoms with Gasteiger partial charge in [0, 0.05) is 6.42 Å². The Balaban J connectivity index is 4.02. The van der Waals surface area contributed by atoms with E-state index in [-0.39, 0.29) is 5.60 Å². The number of hydrogen-bond acceptors (Lipinski definition) is 4. The highest BCUT2D eigenvalue weighted by Crippen LogP contribution is 2.28. The Bertz CT molecular complexity index is 400. The Morgan fingerprint density at radius 2 is 1.31 bits per heavy atom. The third-order valence-corrected chi connectivity index (χ3v) is 6.13. The van der Waals surface area contributed by atoms with Crippen LogP contribution in [0.2, 0.25) is 0 Å². The van der Waals surface area contributed by atoms with Crippen LogP contribution in [0, 0.1) is 0 Å². The molecular weight excluding hydrogens is 364 g/mol. The van der Waals surface area contributed by atoms with Gasteiger partial charge in [-0.15, -0.1) is 0 Å². The maximum absolute atomic E-state index is 11.8. The average Bonchev–Trinajstić information content (AvgIpc) is 2.68. The van der Waals surface area contributed by atoms with Crippen molar-refractivity contribution in [1.82, 2.24) is 0 Å². The van der Waals surface area contributed by atoms with E-state index in [1.54, 1.807) is 0 Å². The molecule has 0 aromatic heterocycles. The molecule has 1 unspecified atom stereocenters. The summed E-state index contributed by atoms with van der Waals surface area (Å²) in [5.74, 6) is -0.543. The standard InChI is InChI=1S/C25H50O4/c1-7-10-11-12-13-14-15-16-17-18-19-24(5,6)28-21-20-25(8-2,9-3)29-23(27)22(4)26/h22,26H,7-21H2,1-6H3. The molecule has 0 aromatic rings. The van der Waals surface area contributed by atoms with E-state index < -0.39 is 17.7 Å². The molecule has 0 bridgehead atoms. The van der Waals surface area contributed by atoms with E-state index in [9.17, 15) is 9.90 Å². The van der Waals surface area contributed by atoms with Gasteiger partial charge in [-0.2, -0.15) is 0 Å². The zero-order valence-corrected chi connectivity index (χ0v) is 20.4. The van der Waals surface area contributed by atoms with Gasteiger partial charge in [0.1, 0.15) is 11.7 Å². The SMILES string of the molecule is CCCCCCCCCCCCC(C)(C)OCCC(CC)(CC)OC(=O)C(C)O. The van der Waals surface area contributed by atoms with Crippen molar-refractivity contribution in [2.24, 2.45) is 0 Å². The van der Waals surface area contributed by atoms with E-state index in [2.05, 4.69) is 20.8 Å². The summed E-state index contributed by atoms with van der Waals surface area (Å²) in [7, 11) is 0. The molecule has 0 aromatic carbocycles. The summed E-state index contributed by atoms with van der Waals surface area (Å²) in [6.45, 7) is 12.6. The first-order valence-corrected chi connectivity index (χ1v) is 12.3. The predicted octanol–water partition coefficient (Wildman–Crippen LogP) is 6.97. The van der Waals surface area contributed by atoms with Crippen LogP contribution in [0.25, 0.3) is 0 Å². The highest BCUT2D eigenvalue weighted by atomic mass is 16.6. The van der Waals surface area contributed by atoms with Crippen LogP contribution >= 0.6 is 0 Å². The van der Waals surface area contributed by atoms with E-state index in [1.165, 1.54) is 71.1 Å². The number of ether oxygens (including phenoxy) is 2. The Morgan fingerprint density at radius 1 is 0.828 bits per heavy atom. The van der Waals surface area contributed by atoms with E-state index >= 15 is 0 Å². The van der Waals surface area contributed by atoms with Crippen molar-refractivity contribution in [3.8, 4) is 0 Å². The van der Waals surface area contributed by atoms with Crippen LogP contribution in [0.5, 0.6) is 0 Å². The summed E-state index contributed by atoms with van der Waals surface area (Å²) in [4.78, 5) is 11.8. The first-order valence-electron chi connectivity index (χ1n) is 12.3. The van der Waals surface area contributed by atoms with Gasteiger partial charge in [-0.3, -0.25) is 0 Å². The summed E-state index contributed by atoms with van der Waals surface area (Å²) in [5, 5.41) is 9.45. The third-order valence-electron chi connectivity index (χ3n) is 6.13. The first-order chi connectivity index (χ1) is 13.7. The molecule has 0 aliphatic rings. The Kier molecular flexibility index (Phi) is 15.8. The van der Waals surface area contributed by atoms with Gasteiger partial charge in [-0.25, -0.2) is 4.79 Å². The zero-order chi connectivity index (χ0) is 22.2. The molecule has 0 aliphatic heterocycles. The van der Waals surface area contributed by atoms with Gasteiger partial charge in [0.25, 0.3) is 0 Å². The lowest BCUT2D eigenvalue weighted by atomic mass is 9.93. The van der Waals surface area contributed by atoms with Crippen molar-refractivity contribution < 1.29 is 19.4 Å². The van der Waals surface area contributed by atoms with Crippen molar-refractivity contribution >= 4 is 5.97 Å². The number of rotatable bonds is 19. The number of aliphatic hydroxyl groups excluding tert-OH is 1. The van der Waals surface area contributed by atoms with E-state index in [4.69, 9.17) is 9.47 Å². The van der Waals surface area contributed by atoms with Crippen molar-refractivity contribution in [1.29, 1.82) is 0 Å². The van der Waals surface area contributed by atoms with Crippen LogP contribution < -0.4 is 0 Å². The molecule has 0 saturated heterocycles. The van der Waals surface area contributed by atoms with Crippen molar-refractivity contribution in [3.05, 3.63) is 0 Å². The van der Waals surface area contributed by atoms with Crippen LogP contribution in [-0.2, 0) is 14.3 Å². The molecule has 0 aliphatic carbocycles. The minimum atomic E-state index is -1.08. The fraction of sp³-hybridized carbons (Fsp3) is 0.960. The second kappa shape index (κ2) is 16.1. The molecule has 0 radical (unpaired) electrons. The summed E-state index contributed by atoms with van der Waals surface area (Å²) in [5.41, 5.74) is -0.692. The van der Waals surface area contributed by atoms with Crippen LogP contribution in [0.4, 0.5) is 0 Å². The van der Waals surface area contributed by atoms with Gasteiger partial charge < -0.3 is 14.6 Å². The minimum absolute atomic E-state index is 0.151. The van der Waals surface area contributed by atoms with Crippen molar-refractivity contribution in [2.75, 3.05) is 6.61 Å². The van der Waals surface area contributed by atoms with E-state index in [0.717, 1.165) is 19.3 Å². The molecule has 0 fully saturated rings. The van der Waals surface area contributed by atoms with Crippen LogP contribution in [-0.4, -0.2) is 35.0 Å². The Morgan fingerprint density at radius 3 is 1.76 bits per heavy atom. The molecule has 1 atom stereocenters. The molecule has 1 N–H and O–H groups in total. The highest BCUT2D eigenvalue weighted by molar-refractivity contribution is 5.74. The zero-order valence-electron chi connectivity index (χ0n) is 20.4. The smallest absolute Gasteiger partial charge is 0.335 e. The lowest BCUT2D eigenvalue weighted by Gasteiger charge is -2.34. The van der Waals surface area contributed by atoms with Gasteiger partial charge in [-0.05, 0) is 40.0 Å². The van der Waals surface area contributed by atoms with Gasteiger partial charge in [0.2, 0.25) is 0 Å². The Labute approximate surface area is 181 Å². The van der Waals surface area contributed by atoms with Gasteiger partial charge in [-0.1, -0.05) is 85.0 Å². The number of aliphatic hydroxyl groups is 1. The molecule has 29 heavy (non-hydrogen) atoms. The largest absolute Gasteiger partial charge is 0.457 e. The summed E-state index contributed by atoms with van der Waals surface area (Å²) >= 11 is 0. The second-order valence-electron chi connectivity index (χ2n) is 9.28. The third kappa shape index (κ3) is 14.1. The number of esters is 1. The fourth-order valence-electron chi connectivity index (χ4n) is 3.72. The number of carbonyl (C=O) groups excluding carboxylic acids is 1. The quantitative estimate of drug-likeness (QED) is 0.183. The van der Waals surface area contributed by atoms with Crippen molar-refractivity contribution in [3.63, 3.8) is 0 Å². The summed E-state index contributed by atoms with van der Waals surface area (Å²) in [6.07, 6.45) is 15.5. The van der Waals surface area contributed by atoms with E-state index in [1.807, 2.05) is 13.8 Å². The summed E-state index contributed by atoms with van der Waals surface area (Å²) in [6, 6.07) is 0. The Hall–Kier alpha value is -0.610. The minimum Gasteiger partial charge on any atom is -0.457 e. The predicted molar refractivity (Wildman–Crippen MR) is 122 cm³/mol. The molecule has 0 saturated carbocycles. The first kappa shape index (κ1) is 28.4. The maximum atomic E-state index is 11.8. The molecular formula is C25H50O4. The number of hydrogen-bond donors (Lipinski definition) is 1. The molecule has 0 heterocycles. The lowest BCUT2D eigenvalue weighted by Crippen LogP contribution is -2.39. The van der Waals surface area contributed by atoms with Crippen molar-refractivity contribution in [2.45, 2.75) is 149 Å². The number of carbonyl (C=O) groups is 1. The van der Waals surface area contributed by atoms with Crippen LogP contribution in [0.1, 0.15) is 131 Å². The molecule has 0 amide bonds. The maximum Gasteiger partial charge on any atom is 0.335 e. The fourth-order valence-corrected chi connectivity index (χ4v) is 3.72. The molecule has 0 rings (SSSR count). The second-order valence-corrected chi connectivity index (χ2v) is 9.28. The van der Waals surface area contributed by atoms with Crippen LogP contribution in [0.15, 0.2) is 0 Å². The molecule has 4 heteroatoms. The average molecular weight is 415 g/mol. The van der Waals surface area contributed by atoms with Gasteiger partial charge >= 0.3 is 5.97 Å². The normalized spacial score (nSPS) is 13.5. The van der Waals surface area contributed by atoms with E-state index in [0.29, 0.717) is 13.0 Å². The molecule has 174 valence electrons. The van der Waals surface area contributed by atoms with Crippen LogP contribution in [0.3, 0.4) is 0 Å². The molecule has 4 nitrogen and oxygen atoms in total. The van der Waals surface area contributed by atoms with Gasteiger partial charge in [0.15, 0.2) is 0 Å². The van der Waals surface area contributed by atoms with Gasteiger partial charge in [0.05, 0.1) is 12.2 Å². The summed E-state index contributed by atoms with van der Waals surface area (Å²) < 4.78 is 11.8.